The minimum absolute atomic E-state index is 0. The lowest BCUT2D eigenvalue weighted by Gasteiger charge is -2.07. The Morgan fingerprint density at radius 1 is 1.38 bits per heavy atom. The van der Waals surface area contributed by atoms with E-state index in [9.17, 15) is 0 Å². The average molecular weight is 241 g/mol. The van der Waals surface area contributed by atoms with E-state index in [1.54, 1.807) is 6.92 Å². The molecule has 88 valence electrons. The topological polar surface area (TPSA) is 48.0 Å². The van der Waals surface area contributed by atoms with E-state index in [2.05, 4.69) is 34.6 Å². The van der Waals surface area contributed by atoms with Gasteiger partial charge in [-0.1, -0.05) is 18.2 Å². The number of fused-ring (bicyclic) bond motifs is 1. The van der Waals surface area contributed by atoms with Gasteiger partial charge in [-0.15, -0.1) is 12.4 Å². The van der Waals surface area contributed by atoms with Crippen LogP contribution in [0.5, 0.6) is 0 Å². The first-order valence-electron chi connectivity index (χ1n) is 5.21. The zero-order chi connectivity index (χ0) is 10.7. The van der Waals surface area contributed by atoms with Crippen molar-refractivity contribution in [3.63, 3.8) is 0 Å². The molecule has 0 amide bonds. The Morgan fingerprint density at radius 2 is 2.19 bits per heavy atom. The average Bonchev–Trinajstić information content (AvgIpc) is 2.65. The van der Waals surface area contributed by atoms with Crippen LogP contribution >= 0.6 is 12.4 Å². The molecule has 1 aromatic carbocycles. The van der Waals surface area contributed by atoms with Gasteiger partial charge in [0.2, 0.25) is 0 Å². The second-order valence-corrected chi connectivity index (χ2v) is 3.84. The van der Waals surface area contributed by atoms with E-state index < -0.39 is 0 Å². The minimum atomic E-state index is -0.298. The van der Waals surface area contributed by atoms with Crippen molar-refractivity contribution in [2.24, 2.45) is 0 Å². The molecule has 0 aliphatic carbocycles. The molecule has 0 bridgehead atoms. The highest BCUT2D eigenvalue weighted by atomic mass is 35.5. The normalized spacial score (nSPS) is 12.4. The number of aromatic nitrogens is 1. The van der Waals surface area contributed by atoms with Crippen LogP contribution in [0.1, 0.15) is 12.5 Å². The molecule has 2 aromatic rings. The lowest BCUT2D eigenvalue weighted by atomic mass is 10.1. The van der Waals surface area contributed by atoms with E-state index in [4.69, 9.17) is 5.11 Å². The third-order valence-electron chi connectivity index (χ3n) is 2.43. The fourth-order valence-electron chi connectivity index (χ4n) is 1.71. The molecule has 0 saturated heterocycles. The Bertz CT molecular complexity index is 439. The van der Waals surface area contributed by atoms with Crippen LogP contribution in [-0.2, 0) is 6.54 Å². The van der Waals surface area contributed by atoms with Crippen LogP contribution in [0.3, 0.4) is 0 Å². The van der Waals surface area contributed by atoms with Gasteiger partial charge < -0.3 is 15.4 Å². The van der Waals surface area contributed by atoms with Crippen molar-refractivity contribution in [3.8, 4) is 0 Å². The lowest BCUT2D eigenvalue weighted by molar-refractivity contribution is 0.191. The number of aromatic amines is 1. The molecular weight excluding hydrogens is 224 g/mol. The number of hydrogen-bond acceptors (Lipinski definition) is 2. The first kappa shape index (κ1) is 13.0. The van der Waals surface area contributed by atoms with Crippen molar-refractivity contribution in [2.75, 3.05) is 6.54 Å². The monoisotopic (exact) mass is 240 g/mol. The van der Waals surface area contributed by atoms with Crippen LogP contribution in [0.2, 0.25) is 0 Å². The maximum atomic E-state index is 9.13. The summed E-state index contributed by atoms with van der Waals surface area (Å²) in [4.78, 5) is 3.22. The molecule has 0 saturated carbocycles. The standard InChI is InChI=1S/C12H16N2O.ClH/c1-9(15)7-13-8-11-4-2-3-10-5-6-14-12(10)11;/h2-6,9,13-15H,7-8H2,1H3;1H. The number of H-pyrrole nitrogens is 1. The van der Waals surface area contributed by atoms with Gasteiger partial charge in [-0.3, -0.25) is 0 Å². The van der Waals surface area contributed by atoms with Crippen LogP contribution in [0.25, 0.3) is 10.9 Å². The van der Waals surface area contributed by atoms with Gasteiger partial charge in [-0.05, 0) is 23.9 Å². The molecule has 1 aromatic heterocycles. The summed E-state index contributed by atoms with van der Waals surface area (Å²) in [6, 6.07) is 8.29. The predicted molar refractivity (Wildman–Crippen MR) is 68.9 cm³/mol. The number of aliphatic hydroxyl groups is 1. The van der Waals surface area contributed by atoms with Crippen LogP contribution in [0.15, 0.2) is 30.5 Å². The van der Waals surface area contributed by atoms with Crippen LogP contribution in [0, 0.1) is 0 Å². The maximum absolute atomic E-state index is 9.13. The molecule has 4 heteroatoms. The number of para-hydroxylation sites is 1. The van der Waals surface area contributed by atoms with Crippen molar-refractivity contribution >= 4 is 23.3 Å². The number of nitrogens with one attached hydrogen (secondary N) is 2. The predicted octanol–water partition coefficient (Wildman–Crippen LogP) is 2.06. The maximum Gasteiger partial charge on any atom is 0.0636 e. The smallest absolute Gasteiger partial charge is 0.0636 e. The van der Waals surface area contributed by atoms with E-state index in [0.717, 1.165) is 6.54 Å². The summed E-state index contributed by atoms with van der Waals surface area (Å²) >= 11 is 0. The quantitative estimate of drug-likeness (QED) is 0.766. The zero-order valence-electron chi connectivity index (χ0n) is 9.23. The third-order valence-corrected chi connectivity index (χ3v) is 2.43. The zero-order valence-corrected chi connectivity index (χ0v) is 10.1. The molecule has 0 fully saturated rings. The van der Waals surface area contributed by atoms with Gasteiger partial charge in [-0.2, -0.15) is 0 Å². The van der Waals surface area contributed by atoms with E-state index in [-0.39, 0.29) is 18.5 Å². The van der Waals surface area contributed by atoms with Gasteiger partial charge in [-0.25, -0.2) is 0 Å². The molecule has 3 N–H and O–H groups in total. The minimum Gasteiger partial charge on any atom is -0.392 e. The third kappa shape index (κ3) is 2.98. The Balaban J connectivity index is 0.00000128. The Kier molecular flexibility index (Phi) is 4.80. The highest BCUT2D eigenvalue weighted by Crippen LogP contribution is 2.16. The molecule has 3 nitrogen and oxygen atoms in total. The van der Waals surface area contributed by atoms with Crippen LogP contribution in [-0.4, -0.2) is 22.7 Å². The Morgan fingerprint density at radius 3 is 2.94 bits per heavy atom. The van der Waals surface area contributed by atoms with Crippen LogP contribution in [0.4, 0.5) is 0 Å². The number of halogens is 1. The molecule has 1 heterocycles. The molecule has 16 heavy (non-hydrogen) atoms. The summed E-state index contributed by atoms with van der Waals surface area (Å²) in [5.41, 5.74) is 2.41. The first-order valence-corrected chi connectivity index (χ1v) is 5.21. The molecule has 2 rings (SSSR count). The summed E-state index contributed by atoms with van der Waals surface area (Å²) in [6.07, 6.45) is 1.65. The Labute approximate surface area is 101 Å². The number of benzene rings is 1. The van der Waals surface area contributed by atoms with Crippen molar-refractivity contribution in [2.45, 2.75) is 19.6 Å². The van der Waals surface area contributed by atoms with Crippen molar-refractivity contribution < 1.29 is 5.11 Å². The van der Waals surface area contributed by atoms with Crippen molar-refractivity contribution in [1.29, 1.82) is 0 Å². The van der Waals surface area contributed by atoms with E-state index in [1.165, 1.54) is 16.5 Å². The summed E-state index contributed by atoms with van der Waals surface area (Å²) in [5, 5.41) is 13.6. The highest BCUT2D eigenvalue weighted by Gasteiger charge is 2.01. The van der Waals surface area contributed by atoms with Gasteiger partial charge in [0.1, 0.15) is 0 Å². The van der Waals surface area contributed by atoms with Crippen LogP contribution < -0.4 is 5.32 Å². The van der Waals surface area contributed by atoms with Crippen molar-refractivity contribution in [1.82, 2.24) is 10.3 Å². The first-order chi connectivity index (χ1) is 7.27. The van der Waals surface area contributed by atoms with Crippen molar-refractivity contribution in [3.05, 3.63) is 36.0 Å². The summed E-state index contributed by atoms with van der Waals surface area (Å²) in [7, 11) is 0. The lowest BCUT2D eigenvalue weighted by Crippen LogP contribution is -2.23. The van der Waals surface area contributed by atoms with Gasteiger partial charge in [0.25, 0.3) is 0 Å². The fraction of sp³-hybridized carbons (Fsp3) is 0.333. The summed E-state index contributed by atoms with van der Waals surface area (Å²) in [6.45, 7) is 3.18. The SMILES string of the molecule is CC(O)CNCc1cccc2cc[nH]c12.Cl. The second kappa shape index (κ2) is 5.89. The van der Waals surface area contributed by atoms with Gasteiger partial charge in [0.15, 0.2) is 0 Å². The molecule has 1 unspecified atom stereocenters. The molecule has 0 aliphatic rings. The molecule has 0 spiro atoms. The molecule has 0 aliphatic heterocycles. The second-order valence-electron chi connectivity index (χ2n) is 3.84. The largest absolute Gasteiger partial charge is 0.392 e. The van der Waals surface area contributed by atoms with E-state index >= 15 is 0 Å². The van der Waals surface area contributed by atoms with Gasteiger partial charge in [0.05, 0.1) is 6.10 Å². The highest BCUT2D eigenvalue weighted by molar-refractivity contribution is 5.85. The Hall–Kier alpha value is -1.03. The van der Waals surface area contributed by atoms with E-state index in [0.29, 0.717) is 6.54 Å². The van der Waals surface area contributed by atoms with Gasteiger partial charge >= 0.3 is 0 Å². The van der Waals surface area contributed by atoms with Gasteiger partial charge in [0, 0.05) is 24.8 Å². The number of aliphatic hydroxyl groups excluding tert-OH is 1. The molecular formula is C12H17ClN2O. The fourth-order valence-corrected chi connectivity index (χ4v) is 1.71. The molecule has 1 atom stereocenters. The summed E-state index contributed by atoms with van der Waals surface area (Å²) in [5.74, 6) is 0. The van der Waals surface area contributed by atoms with E-state index in [1.807, 2.05) is 6.20 Å². The number of hydrogen-bond donors (Lipinski definition) is 3. The summed E-state index contributed by atoms with van der Waals surface area (Å²) < 4.78 is 0. The molecule has 0 radical (unpaired) electrons. The number of rotatable bonds is 4.